The largest absolute Gasteiger partial charge is 0.506 e. The predicted molar refractivity (Wildman–Crippen MR) is 49.5 cm³/mol. The van der Waals surface area contributed by atoms with Crippen LogP contribution >= 0.6 is 0 Å². The molecule has 0 aliphatic carbocycles. The molecule has 4 N–H and O–H groups in total. The van der Waals surface area contributed by atoms with E-state index in [2.05, 4.69) is 0 Å². The maximum Gasteiger partial charge on any atom is 0.134 e. The van der Waals surface area contributed by atoms with Crippen LogP contribution in [0, 0.1) is 5.92 Å². The summed E-state index contributed by atoms with van der Waals surface area (Å²) in [5.41, 5.74) is 6.77. The molecule has 0 rings (SSSR count). The molecule has 1 atom stereocenters. The molecule has 0 aliphatic rings. The summed E-state index contributed by atoms with van der Waals surface area (Å²) in [5.74, 6) is 0.0694. The maximum absolute atomic E-state index is 9.24. The van der Waals surface area contributed by atoms with E-state index in [1.807, 2.05) is 6.92 Å². The second-order valence-corrected chi connectivity index (χ2v) is 2.85. The van der Waals surface area contributed by atoms with E-state index in [1.54, 1.807) is 13.8 Å². The summed E-state index contributed by atoms with van der Waals surface area (Å²) < 4.78 is 0. The highest BCUT2D eigenvalue weighted by molar-refractivity contribution is 5.27. The first-order valence-corrected chi connectivity index (χ1v) is 3.97. The SMILES string of the molecule is C/C=C(O)/C(N)=C(/C)C(C)CO. The minimum absolute atomic E-state index is 0.00731. The monoisotopic (exact) mass is 171 g/mol. The Kier molecular flexibility index (Phi) is 4.44. The first-order chi connectivity index (χ1) is 5.54. The zero-order valence-corrected chi connectivity index (χ0v) is 7.83. The molecule has 12 heavy (non-hydrogen) atoms. The average molecular weight is 171 g/mol. The molecule has 1 unspecified atom stereocenters. The van der Waals surface area contributed by atoms with E-state index in [0.717, 1.165) is 5.57 Å². The molecule has 0 spiro atoms. The van der Waals surface area contributed by atoms with Crippen LogP contribution < -0.4 is 5.73 Å². The third-order valence-electron chi connectivity index (χ3n) is 1.99. The number of allylic oxidation sites excluding steroid dienone is 1. The van der Waals surface area contributed by atoms with Gasteiger partial charge in [-0.2, -0.15) is 0 Å². The lowest BCUT2D eigenvalue weighted by Gasteiger charge is -2.11. The number of hydrogen-bond acceptors (Lipinski definition) is 3. The van der Waals surface area contributed by atoms with Gasteiger partial charge in [0.1, 0.15) is 5.76 Å². The first kappa shape index (κ1) is 11.0. The third-order valence-corrected chi connectivity index (χ3v) is 1.99. The van der Waals surface area contributed by atoms with Crippen molar-refractivity contribution >= 4 is 0 Å². The molecule has 3 nitrogen and oxygen atoms in total. The summed E-state index contributed by atoms with van der Waals surface area (Å²) in [6.07, 6.45) is 1.53. The van der Waals surface area contributed by atoms with Gasteiger partial charge in [0.15, 0.2) is 0 Å². The molecule has 0 saturated heterocycles. The normalized spacial score (nSPS) is 17.2. The third kappa shape index (κ3) is 2.58. The van der Waals surface area contributed by atoms with Crippen molar-refractivity contribution in [1.29, 1.82) is 0 Å². The zero-order valence-electron chi connectivity index (χ0n) is 7.83. The molecule has 0 amide bonds. The fourth-order valence-electron chi connectivity index (χ4n) is 0.760. The van der Waals surface area contributed by atoms with Crippen LogP contribution in [0.3, 0.4) is 0 Å². The van der Waals surface area contributed by atoms with Crippen LogP contribution in [-0.4, -0.2) is 16.8 Å². The second-order valence-electron chi connectivity index (χ2n) is 2.85. The highest BCUT2D eigenvalue weighted by Gasteiger charge is 2.08. The molecule has 3 heteroatoms. The number of hydrogen-bond donors (Lipinski definition) is 3. The van der Waals surface area contributed by atoms with Crippen molar-refractivity contribution in [3.63, 3.8) is 0 Å². The smallest absolute Gasteiger partial charge is 0.134 e. The molecule has 0 aromatic carbocycles. The van der Waals surface area contributed by atoms with Crippen molar-refractivity contribution in [3.8, 4) is 0 Å². The van der Waals surface area contributed by atoms with E-state index in [1.165, 1.54) is 6.08 Å². The molecule has 0 aromatic rings. The molecule has 0 fully saturated rings. The minimum atomic E-state index is -0.00731. The fourth-order valence-corrected chi connectivity index (χ4v) is 0.760. The van der Waals surface area contributed by atoms with Crippen molar-refractivity contribution in [1.82, 2.24) is 0 Å². The molecule has 0 aliphatic heterocycles. The summed E-state index contributed by atoms with van der Waals surface area (Å²) >= 11 is 0. The zero-order chi connectivity index (χ0) is 9.72. The van der Waals surface area contributed by atoms with Gasteiger partial charge in [0.05, 0.1) is 5.70 Å². The lowest BCUT2D eigenvalue weighted by Crippen LogP contribution is -2.11. The molecule has 0 bridgehead atoms. The van der Waals surface area contributed by atoms with Gasteiger partial charge >= 0.3 is 0 Å². The van der Waals surface area contributed by atoms with Crippen molar-refractivity contribution in [2.24, 2.45) is 11.7 Å². The Morgan fingerprint density at radius 2 is 2.08 bits per heavy atom. The van der Waals surface area contributed by atoms with Crippen LogP contribution in [0.4, 0.5) is 0 Å². The van der Waals surface area contributed by atoms with E-state index in [0.29, 0.717) is 5.70 Å². The quantitative estimate of drug-likeness (QED) is 0.443. The van der Waals surface area contributed by atoms with E-state index in [-0.39, 0.29) is 18.3 Å². The van der Waals surface area contributed by atoms with Crippen LogP contribution in [0.25, 0.3) is 0 Å². The van der Waals surface area contributed by atoms with Crippen LogP contribution in [0.15, 0.2) is 23.1 Å². The Labute approximate surface area is 73.2 Å². The van der Waals surface area contributed by atoms with Gasteiger partial charge in [-0.15, -0.1) is 0 Å². The molecule has 70 valence electrons. The summed E-state index contributed by atoms with van der Waals surface area (Å²) in [6, 6.07) is 0. The van der Waals surface area contributed by atoms with Gasteiger partial charge in [0, 0.05) is 12.5 Å². The van der Waals surface area contributed by atoms with E-state index in [4.69, 9.17) is 10.8 Å². The van der Waals surface area contributed by atoms with Crippen molar-refractivity contribution in [3.05, 3.63) is 23.1 Å². The van der Waals surface area contributed by atoms with Gasteiger partial charge in [-0.1, -0.05) is 6.92 Å². The molecule has 0 aromatic heterocycles. The number of aliphatic hydroxyl groups excluding tert-OH is 2. The maximum atomic E-state index is 9.24. The Morgan fingerprint density at radius 1 is 1.58 bits per heavy atom. The van der Waals surface area contributed by atoms with Gasteiger partial charge in [-0.3, -0.25) is 0 Å². The van der Waals surface area contributed by atoms with Crippen LogP contribution in [0.1, 0.15) is 20.8 Å². The summed E-state index contributed by atoms with van der Waals surface area (Å²) in [5, 5.41) is 18.1. The van der Waals surface area contributed by atoms with E-state index in [9.17, 15) is 5.11 Å². The van der Waals surface area contributed by atoms with Gasteiger partial charge in [0.25, 0.3) is 0 Å². The summed E-state index contributed by atoms with van der Waals surface area (Å²) in [7, 11) is 0. The number of rotatable bonds is 3. The fraction of sp³-hybridized carbons (Fsp3) is 0.556. The Hall–Kier alpha value is -0.960. The second kappa shape index (κ2) is 4.83. The molecule has 0 saturated carbocycles. The molecular weight excluding hydrogens is 154 g/mol. The van der Waals surface area contributed by atoms with Crippen molar-refractivity contribution in [2.75, 3.05) is 6.61 Å². The molecular formula is C9H17NO2. The van der Waals surface area contributed by atoms with Crippen molar-refractivity contribution in [2.45, 2.75) is 20.8 Å². The summed E-state index contributed by atoms with van der Waals surface area (Å²) in [6.45, 7) is 5.41. The Bertz CT molecular complexity index is 207. The van der Waals surface area contributed by atoms with Crippen LogP contribution in [0.5, 0.6) is 0 Å². The first-order valence-electron chi connectivity index (χ1n) is 3.97. The molecule has 0 radical (unpaired) electrons. The van der Waals surface area contributed by atoms with E-state index < -0.39 is 0 Å². The highest BCUT2D eigenvalue weighted by Crippen LogP contribution is 2.14. The lowest BCUT2D eigenvalue weighted by molar-refractivity contribution is 0.255. The van der Waals surface area contributed by atoms with Crippen LogP contribution in [-0.2, 0) is 0 Å². The predicted octanol–water partition coefficient (Wildman–Crippen LogP) is 1.31. The lowest BCUT2D eigenvalue weighted by atomic mass is 10.0. The molecule has 0 heterocycles. The average Bonchev–Trinajstić information content (AvgIpc) is 2.12. The standard InChI is InChI=1S/C9H17NO2/c1-4-8(12)9(10)7(3)6(2)5-11/h4,6,11-12H,5,10H2,1-3H3/b8-4-,9-7+. The Morgan fingerprint density at radius 3 is 2.42 bits per heavy atom. The van der Waals surface area contributed by atoms with E-state index >= 15 is 0 Å². The van der Waals surface area contributed by atoms with Gasteiger partial charge in [0.2, 0.25) is 0 Å². The minimum Gasteiger partial charge on any atom is -0.506 e. The number of nitrogens with two attached hydrogens (primary N) is 1. The topological polar surface area (TPSA) is 66.5 Å². The van der Waals surface area contributed by atoms with Gasteiger partial charge < -0.3 is 15.9 Å². The summed E-state index contributed by atoms with van der Waals surface area (Å²) in [4.78, 5) is 0. The van der Waals surface area contributed by atoms with Crippen molar-refractivity contribution < 1.29 is 10.2 Å². The van der Waals surface area contributed by atoms with Crippen LogP contribution in [0.2, 0.25) is 0 Å². The van der Waals surface area contributed by atoms with Gasteiger partial charge in [-0.05, 0) is 25.5 Å². The van der Waals surface area contributed by atoms with Gasteiger partial charge in [-0.25, -0.2) is 0 Å². The number of aliphatic hydroxyl groups is 2. The Balaban J connectivity index is 4.68. The highest BCUT2D eigenvalue weighted by atomic mass is 16.3.